The average Bonchev–Trinajstić information content (AvgIpc) is 2.49. The summed E-state index contributed by atoms with van der Waals surface area (Å²) >= 11 is 0. The number of carboxylic acid groups (broad SMARTS) is 1. The van der Waals surface area contributed by atoms with Crippen molar-refractivity contribution in [3.8, 4) is 0 Å². The van der Waals surface area contributed by atoms with E-state index in [1.54, 1.807) is 7.05 Å². The second-order valence-corrected chi connectivity index (χ2v) is 3.43. The van der Waals surface area contributed by atoms with Crippen LogP contribution in [0.2, 0.25) is 0 Å². The van der Waals surface area contributed by atoms with Gasteiger partial charge in [-0.05, 0) is 20.0 Å². The zero-order valence-corrected chi connectivity index (χ0v) is 7.86. The molecule has 0 aromatic carbocycles. The SMILES string of the molecule is CN1CCC(N(C)C(=O)C(=O)O)C1. The lowest BCUT2D eigenvalue weighted by Gasteiger charge is -2.22. The molecule has 1 amide bonds. The minimum absolute atomic E-state index is 0.0496. The third-order valence-electron chi connectivity index (χ3n) is 2.42. The third-order valence-corrected chi connectivity index (χ3v) is 2.42. The van der Waals surface area contributed by atoms with E-state index in [-0.39, 0.29) is 6.04 Å². The van der Waals surface area contributed by atoms with E-state index in [2.05, 4.69) is 4.90 Å². The average molecular weight is 186 g/mol. The summed E-state index contributed by atoms with van der Waals surface area (Å²) in [5.74, 6) is -2.20. The maximum Gasteiger partial charge on any atom is 0.394 e. The van der Waals surface area contributed by atoms with E-state index < -0.39 is 11.9 Å². The minimum atomic E-state index is -1.38. The van der Waals surface area contributed by atoms with Crippen molar-refractivity contribution in [1.29, 1.82) is 0 Å². The van der Waals surface area contributed by atoms with Gasteiger partial charge in [-0.15, -0.1) is 0 Å². The van der Waals surface area contributed by atoms with Gasteiger partial charge in [-0.1, -0.05) is 0 Å². The molecule has 0 aromatic heterocycles. The van der Waals surface area contributed by atoms with E-state index in [1.165, 1.54) is 4.90 Å². The molecule has 0 spiro atoms. The number of carbonyl (C=O) groups is 2. The summed E-state index contributed by atoms with van der Waals surface area (Å²) < 4.78 is 0. The van der Waals surface area contributed by atoms with Crippen molar-refractivity contribution in [1.82, 2.24) is 9.80 Å². The van der Waals surface area contributed by atoms with Crippen molar-refractivity contribution in [3.05, 3.63) is 0 Å². The Kier molecular flexibility index (Phi) is 2.87. The molecule has 1 heterocycles. The molecule has 1 N–H and O–H groups in total. The van der Waals surface area contributed by atoms with E-state index in [0.29, 0.717) is 0 Å². The largest absolute Gasteiger partial charge is 0.474 e. The van der Waals surface area contributed by atoms with Crippen molar-refractivity contribution in [2.75, 3.05) is 27.2 Å². The molecule has 1 atom stereocenters. The van der Waals surface area contributed by atoms with E-state index in [1.807, 2.05) is 7.05 Å². The molecule has 1 fully saturated rings. The Bertz CT molecular complexity index is 229. The van der Waals surface area contributed by atoms with E-state index in [4.69, 9.17) is 5.11 Å². The Hall–Kier alpha value is -1.10. The van der Waals surface area contributed by atoms with Crippen LogP contribution < -0.4 is 0 Å². The van der Waals surface area contributed by atoms with Crippen molar-refractivity contribution >= 4 is 11.9 Å². The smallest absolute Gasteiger partial charge is 0.394 e. The minimum Gasteiger partial charge on any atom is -0.474 e. The molecule has 5 nitrogen and oxygen atoms in total. The topological polar surface area (TPSA) is 60.9 Å². The summed E-state index contributed by atoms with van der Waals surface area (Å²) in [7, 11) is 3.50. The highest BCUT2D eigenvalue weighted by Crippen LogP contribution is 2.12. The van der Waals surface area contributed by atoms with E-state index in [0.717, 1.165) is 19.5 Å². The van der Waals surface area contributed by atoms with Gasteiger partial charge >= 0.3 is 11.9 Å². The summed E-state index contributed by atoms with van der Waals surface area (Å²) in [4.78, 5) is 24.8. The number of amides is 1. The second-order valence-electron chi connectivity index (χ2n) is 3.43. The predicted octanol–water partition coefficient (Wildman–Crippen LogP) is -0.766. The zero-order valence-electron chi connectivity index (χ0n) is 7.86. The van der Waals surface area contributed by atoms with Crippen LogP contribution >= 0.6 is 0 Å². The number of likely N-dealkylation sites (tertiary alicyclic amines) is 1. The number of rotatable bonds is 1. The quantitative estimate of drug-likeness (QED) is 0.546. The second kappa shape index (κ2) is 3.74. The standard InChI is InChI=1S/C8H14N2O3/c1-9-4-3-6(5-9)10(2)7(11)8(12)13/h6H,3-5H2,1-2H3,(H,12,13). The van der Waals surface area contributed by atoms with E-state index in [9.17, 15) is 9.59 Å². The maximum atomic E-state index is 11.0. The number of carbonyl (C=O) groups excluding carboxylic acids is 1. The molecule has 1 aliphatic heterocycles. The van der Waals surface area contributed by atoms with Crippen molar-refractivity contribution in [3.63, 3.8) is 0 Å². The van der Waals surface area contributed by atoms with Gasteiger partial charge in [0.05, 0.1) is 0 Å². The zero-order chi connectivity index (χ0) is 10.0. The number of carboxylic acids is 1. The van der Waals surface area contributed by atoms with Crippen LogP contribution in [-0.2, 0) is 9.59 Å². The van der Waals surface area contributed by atoms with E-state index >= 15 is 0 Å². The predicted molar refractivity (Wildman–Crippen MR) is 46.3 cm³/mol. The fraction of sp³-hybridized carbons (Fsp3) is 0.750. The number of aliphatic carboxylic acids is 1. The Labute approximate surface area is 76.9 Å². The summed E-state index contributed by atoms with van der Waals surface area (Å²) in [5, 5.41) is 8.47. The van der Waals surface area contributed by atoms with Crippen LogP contribution in [0.4, 0.5) is 0 Å². The normalized spacial score (nSPS) is 23.1. The first-order valence-electron chi connectivity index (χ1n) is 4.21. The van der Waals surface area contributed by atoms with Crippen LogP contribution in [0.5, 0.6) is 0 Å². The first-order valence-corrected chi connectivity index (χ1v) is 4.21. The van der Waals surface area contributed by atoms with Crippen molar-refractivity contribution in [2.24, 2.45) is 0 Å². The van der Waals surface area contributed by atoms with Crippen LogP contribution in [0.15, 0.2) is 0 Å². The molecule has 1 rings (SSSR count). The van der Waals surface area contributed by atoms with Crippen LogP contribution in [-0.4, -0.2) is 60.0 Å². The van der Waals surface area contributed by atoms with Gasteiger partial charge < -0.3 is 14.9 Å². The molecule has 1 aliphatic rings. The lowest BCUT2D eigenvalue weighted by molar-refractivity contribution is -0.156. The molecule has 0 saturated carbocycles. The van der Waals surface area contributed by atoms with Crippen molar-refractivity contribution < 1.29 is 14.7 Å². The third kappa shape index (κ3) is 2.18. The first-order chi connectivity index (χ1) is 6.02. The number of hydrogen-bond acceptors (Lipinski definition) is 3. The Morgan fingerprint density at radius 3 is 2.54 bits per heavy atom. The molecule has 74 valence electrons. The van der Waals surface area contributed by atoms with Crippen molar-refractivity contribution in [2.45, 2.75) is 12.5 Å². The monoisotopic (exact) mass is 186 g/mol. The van der Waals surface area contributed by atoms with Gasteiger partial charge in [-0.2, -0.15) is 0 Å². The van der Waals surface area contributed by atoms with Crippen LogP contribution in [0.25, 0.3) is 0 Å². The van der Waals surface area contributed by atoms with Gasteiger partial charge in [-0.25, -0.2) is 4.79 Å². The van der Waals surface area contributed by atoms with Gasteiger partial charge in [0.1, 0.15) is 0 Å². The molecule has 0 bridgehead atoms. The molecule has 13 heavy (non-hydrogen) atoms. The molecule has 5 heteroatoms. The molecular formula is C8H14N2O3. The number of nitrogens with zero attached hydrogens (tertiary/aromatic N) is 2. The molecule has 0 radical (unpaired) electrons. The van der Waals surface area contributed by atoms with Gasteiger partial charge in [0.2, 0.25) is 0 Å². The Morgan fingerprint density at radius 2 is 2.15 bits per heavy atom. The molecular weight excluding hydrogens is 172 g/mol. The van der Waals surface area contributed by atoms with Crippen LogP contribution in [0, 0.1) is 0 Å². The highest BCUT2D eigenvalue weighted by atomic mass is 16.4. The van der Waals surface area contributed by atoms with Gasteiger partial charge in [0.25, 0.3) is 0 Å². The first kappa shape index (κ1) is 9.98. The summed E-state index contributed by atoms with van der Waals surface area (Å²) in [6, 6.07) is 0.0496. The van der Waals surface area contributed by atoms with Gasteiger partial charge in [0, 0.05) is 19.6 Å². The number of hydrogen-bond donors (Lipinski definition) is 1. The Morgan fingerprint density at radius 1 is 1.54 bits per heavy atom. The number of likely N-dealkylation sites (N-methyl/N-ethyl adjacent to an activating group) is 2. The van der Waals surface area contributed by atoms with Gasteiger partial charge in [0.15, 0.2) is 0 Å². The fourth-order valence-corrected chi connectivity index (χ4v) is 1.54. The fourth-order valence-electron chi connectivity index (χ4n) is 1.54. The molecule has 0 aromatic rings. The lowest BCUT2D eigenvalue weighted by Crippen LogP contribution is -2.42. The highest BCUT2D eigenvalue weighted by Gasteiger charge is 2.29. The maximum absolute atomic E-state index is 11.0. The summed E-state index contributed by atoms with van der Waals surface area (Å²) in [6.45, 7) is 1.68. The molecule has 0 aliphatic carbocycles. The molecule has 1 unspecified atom stereocenters. The summed E-state index contributed by atoms with van der Waals surface area (Å²) in [6.07, 6.45) is 0.853. The molecule has 1 saturated heterocycles. The lowest BCUT2D eigenvalue weighted by atomic mass is 10.2. The van der Waals surface area contributed by atoms with Crippen LogP contribution in [0.1, 0.15) is 6.42 Å². The van der Waals surface area contributed by atoms with Crippen LogP contribution in [0.3, 0.4) is 0 Å². The highest BCUT2D eigenvalue weighted by molar-refractivity contribution is 6.31. The van der Waals surface area contributed by atoms with Gasteiger partial charge in [-0.3, -0.25) is 4.79 Å². The summed E-state index contributed by atoms with van der Waals surface area (Å²) in [5.41, 5.74) is 0. The Balaban J connectivity index is 2.53.